The van der Waals surface area contributed by atoms with Crippen LogP contribution in [0.2, 0.25) is 10.0 Å². The third kappa shape index (κ3) is 13.6. The predicted molar refractivity (Wildman–Crippen MR) is 190 cm³/mol. The van der Waals surface area contributed by atoms with Gasteiger partial charge >= 0.3 is 0 Å². The second-order valence-corrected chi connectivity index (χ2v) is 13.7. The van der Waals surface area contributed by atoms with Gasteiger partial charge in [-0.2, -0.15) is 10.5 Å². The van der Waals surface area contributed by atoms with Crippen LogP contribution in [0.25, 0.3) is 0 Å². The van der Waals surface area contributed by atoms with E-state index in [1.165, 1.54) is 109 Å². The first kappa shape index (κ1) is 36.6. The van der Waals surface area contributed by atoms with Crippen LogP contribution in [0.3, 0.4) is 0 Å². The van der Waals surface area contributed by atoms with E-state index in [0.29, 0.717) is 33.0 Å². The van der Waals surface area contributed by atoms with Gasteiger partial charge in [0.1, 0.15) is 12.1 Å². The van der Waals surface area contributed by atoms with E-state index >= 15 is 0 Å². The summed E-state index contributed by atoms with van der Waals surface area (Å²) in [7, 11) is 0. The molecule has 0 spiro atoms. The summed E-state index contributed by atoms with van der Waals surface area (Å²) in [6, 6.07) is 15.0. The van der Waals surface area contributed by atoms with Crippen molar-refractivity contribution in [1.29, 1.82) is 10.5 Å². The minimum atomic E-state index is 0.494. The van der Waals surface area contributed by atoms with Crippen molar-refractivity contribution in [3.63, 3.8) is 0 Å². The summed E-state index contributed by atoms with van der Waals surface area (Å²) >= 11 is 12.1. The van der Waals surface area contributed by atoms with Gasteiger partial charge in [-0.1, -0.05) is 119 Å². The van der Waals surface area contributed by atoms with Crippen LogP contribution in [0.1, 0.15) is 145 Å². The van der Waals surface area contributed by atoms with Crippen LogP contribution < -0.4 is 0 Å². The van der Waals surface area contributed by atoms with Crippen LogP contribution in [-0.4, -0.2) is 0 Å². The lowest BCUT2D eigenvalue weighted by atomic mass is 9.80. The molecule has 238 valence electrons. The highest BCUT2D eigenvalue weighted by Crippen LogP contribution is 2.33. The summed E-state index contributed by atoms with van der Waals surface area (Å²) in [6.07, 6.45) is 22.6. The fraction of sp³-hybridized carbons (Fsp3) is 0.561. The maximum atomic E-state index is 8.89. The molecule has 2 nitrogen and oxygen atoms in total. The van der Waals surface area contributed by atoms with Gasteiger partial charge in [-0.15, -0.1) is 0 Å². The number of nitrogens with zero attached hydrogens (tertiary/aromatic N) is 2. The van der Waals surface area contributed by atoms with E-state index in [1.54, 1.807) is 24.3 Å². The zero-order valence-electron chi connectivity index (χ0n) is 27.4. The summed E-state index contributed by atoms with van der Waals surface area (Å²) < 4.78 is 0. The van der Waals surface area contributed by atoms with Gasteiger partial charge in [0, 0.05) is 23.0 Å². The molecule has 0 atom stereocenters. The normalized spacial score (nSPS) is 20.6. The Morgan fingerprint density at radius 2 is 0.978 bits per heavy atom. The largest absolute Gasteiger partial charge is 0.192 e. The lowest BCUT2D eigenvalue weighted by molar-refractivity contribution is 0.294. The van der Waals surface area contributed by atoms with E-state index in [0.717, 1.165) is 23.0 Å². The monoisotopic (exact) mass is 640 g/mol. The molecule has 0 N–H and O–H groups in total. The molecule has 2 aromatic carbocycles. The summed E-state index contributed by atoms with van der Waals surface area (Å²) in [5, 5.41) is 18.8. The van der Waals surface area contributed by atoms with Crippen molar-refractivity contribution >= 4 is 23.2 Å². The zero-order valence-corrected chi connectivity index (χ0v) is 29.0. The summed E-state index contributed by atoms with van der Waals surface area (Å²) in [5.41, 5.74) is 2.85. The average Bonchev–Trinajstić information content (AvgIpc) is 3.06. The van der Waals surface area contributed by atoms with Gasteiger partial charge in [0.05, 0.1) is 21.2 Å². The van der Waals surface area contributed by atoms with Crippen LogP contribution >= 0.6 is 23.2 Å². The maximum Gasteiger partial charge on any atom is 0.101 e. The van der Waals surface area contributed by atoms with Crippen molar-refractivity contribution in [1.82, 2.24) is 0 Å². The molecule has 2 aliphatic rings. The van der Waals surface area contributed by atoms with Gasteiger partial charge in [-0.25, -0.2) is 0 Å². The molecule has 0 bridgehead atoms. The van der Waals surface area contributed by atoms with Crippen molar-refractivity contribution in [3.8, 4) is 35.8 Å². The molecule has 0 aromatic heterocycles. The quantitative estimate of drug-likeness (QED) is 0.202. The second-order valence-electron chi connectivity index (χ2n) is 12.9. The first-order valence-corrected chi connectivity index (χ1v) is 18.1. The molecule has 2 aromatic rings. The number of rotatable bonds is 9. The Morgan fingerprint density at radius 3 is 1.36 bits per heavy atom. The number of hydrogen-bond donors (Lipinski definition) is 0. The zero-order chi connectivity index (χ0) is 32.3. The Labute approximate surface area is 283 Å². The highest BCUT2D eigenvalue weighted by Gasteiger charge is 2.20. The topological polar surface area (TPSA) is 47.6 Å². The molecular formula is C41H50Cl2N2. The highest BCUT2D eigenvalue weighted by atomic mass is 35.5. The first-order valence-electron chi connectivity index (χ1n) is 17.4. The van der Waals surface area contributed by atoms with Crippen molar-refractivity contribution < 1.29 is 0 Å². The molecule has 4 rings (SSSR count). The number of benzene rings is 2. The lowest BCUT2D eigenvalue weighted by Crippen LogP contribution is -2.13. The molecule has 2 fully saturated rings. The second kappa shape index (κ2) is 21.0. The van der Waals surface area contributed by atoms with E-state index in [9.17, 15) is 0 Å². The number of hydrogen-bond acceptors (Lipinski definition) is 2. The minimum Gasteiger partial charge on any atom is -0.192 e. The summed E-state index contributed by atoms with van der Waals surface area (Å²) in [6.45, 7) is 4.53. The third-order valence-corrected chi connectivity index (χ3v) is 10.0. The lowest BCUT2D eigenvalue weighted by Gasteiger charge is -2.25. The van der Waals surface area contributed by atoms with Crippen LogP contribution in [-0.2, 0) is 0 Å². The Morgan fingerprint density at radius 1 is 0.578 bits per heavy atom. The van der Waals surface area contributed by atoms with Gasteiger partial charge in [-0.3, -0.25) is 0 Å². The average molecular weight is 642 g/mol. The van der Waals surface area contributed by atoms with Gasteiger partial charge in [-0.05, 0) is 99.6 Å². The Kier molecular flexibility index (Phi) is 17.1. The molecule has 0 saturated heterocycles. The highest BCUT2D eigenvalue weighted by molar-refractivity contribution is 6.32. The Bertz CT molecular complexity index is 1390. The predicted octanol–water partition coefficient (Wildman–Crippen LogP) is 12.3. The van der Waals surface area contributed by atoms with Gasteiger partial charge in [0.15, 0.2) is 0 Å². The van der Waals surface area contributed by atoms with Crippen LogP contribution in [0.15, 0.2) is 36.4 Å². The standard InChI is InChI=1S/C21H26ClN.C20H24ClN/c1-2-3-4-5-6-17-7-9-18(10-8-17)11-12-19-13-14-20(16-23)21(22)15-19;1-2-3-4-5-16-6-8-17(9-7-16)10-11-18-12-13-19(15-22)20(21)14-18/h13-15,17-18H,2-10H2,1H3;12-14,16-17H,2-9H2,1H3. The molecule has 2 saturated carbocycles. The van der Waals surface area contributed by atoms with E-state index < -0.39 is 0 Å². The maximum absolute atomic E-state index is 8.89. The molecule has 0 radical (unpaired) electrons. The third-order valence-electron chi connectivity index (χ3n) is 9.40. The van der Waals surface area contributed by atoms with Crippen molar-refractivity contribution in [2.24, 2.45) is 23.7 Å². The SMILES string of the molecule is CCCCCC1CCC(C#Cc2ccc(C#N)c(Cl)c2)CC1.CCCCCCC1CCC(C#Cc2ccc(C#N)c(Cl)c2)CC1. The first-order chi connectivity index (χ1) is 21.9. The summed E-state index contributed by atoms with van der Waals surface area (Å²) in [4.78, 5) is 0. The number of unbranched alkanes of at least 4 members (excludes halogenated alkanes) is 5. The van der Waals surface area contributed by atoms with Crippen molar-refractivity contribution in [2.75, 3.05) is 0 Å². The fourth-order valence-corrected chi connectivity index (χ4v) is 6.92. The molecule has 0 amide bonds. The van der Waals surface area contributed by atoms with Gasteiger partial charge in [0.2, 0.25) is 0 Å². The van der Waals surface area contributed by atoms with Crippen LogP contribution in [0.5, 0.6) is 0 Å². The number of nitriles is 2. The molecule has 0 aliphatic heterocycles. The van der Waals surface area contributed by atoms with Crippen LogP contribution in [0.4, 0.5) is 0 Å². The van der Waals surface area contributed by atoms with Crippen LogP contribution in [0, 0.1) is 70.0 Å². The van der Waals surface area contributed by atoms with E-state index in [2.05, 4.69) is 49.7 Å². The molecule has 45 heavy (non-hydrogen) atoms. The smallest absolute Gasteiger partial charge is 0.101 e. The molecule has 0 unspecified atom stereocenters. The van der Waals surface area contributed by atoms with Gasteiger partial charge < -0.3 is 0 Å². The van der Waals surface area contributed by atoms with Gasteiger partial charge in [0.25, 0.3) is 0 Å². The van der Waals surface area contributed by atoms with Crippen molar-refractivity contribution in [2.45, 2.75) is 123 Å². The van der Waals surface area contributed by atoms with E-state index in [1.807, 2.05) is 12.1 Å². The molecule has 4 heteroatoms. The fourth-order valence-electron chi connectivity index (χ4n) is 6.47. The van der Waals surface area contributed by atoms with Crippen molar-refractivity contribution in [3.05, 3.63) is 68.7 Å². The van der Waals surface area contributed by atoms with E-state index in [-0.39, 0.29) is 0 Å². The van der Waals surface area contributed by atoms with E-state index in [4.69, 9.17) is 33.7 Å². The molecule has 2 aliphatic carbocycles. The number of halogens is 2. The Hall–Kier alpha value is -2.88. The summed E-state index contributed by atoms with van der Waals surface area (Å²) in [5.74, 6) is 16.2. The minimum absolute atomic E-state index is 0.494. The molecular weight excluding hydrogens is 591 g/mol. The Balaban J connectivity index is 0.000000246. The molecule has 0 heterocycles.